The predicted octanol–water partition coefficient (Wildman–Crippen LogP) is 4.13. The maximum Gasteiger partial charge on any atom is 0.266 e. The molecule has 1 N–H and O–H groups in total. The average molecular weight is 457 g/mol. The summed E-state index contributed by atoms with van der Waals surface area (Å²) in [6, 6.07) is 14.6. The molecule has 0 aliphatic carbocycles. The molecule has 28 heavy (non-hydrogen) atoms. The number of nitrogens with one attached hydrogen (secondary N) is 1. The van der Waals surface area contributed by atoms with Crippen LogP contribution in [0.5, 0.6) is 0 Å². The smallest absolute Gasteiger partial charge is 0.266 e. The Morgan fingerprint density at radius 2 is 1.89 bits per heavy atom. The Labute approximate surface area is 173 Å². The van der Waals surface area contributed by atoms with E-state index in [4.69, 9.17) is 21.1 Å². The summed E-state index contributed by atoms with van der Waals surface area (Å²) < 4.78 is 12.0. The Bertz CT molecular complexity index is 1080. The van der Waals surface area contributed by atoms with E-state index in [0.717, 1.165) is 10.0 Å². The fourth-order valence-corrected chi connectivity index (χ4v) is 3.24. The molecule has 1 fully saturated rings. The maximum absolute atomic E-state index is 12.8. The van der Waals surface area contributed by atoms with Crippen LogP contribution in [0.3, 0.4) is 0 Å². The number of amides is 2. The summed E-state index contributed by atoms with van der Waals surface area (Å²) in [6.45, 7) is 0.130. The van der Waals surface area contributed by atoms with Crippen molar-refractivity contribution in [2.45, 2.75) is 6.54 Å². The van der Waals surface area contributed by atoms with Gasteiger partial charge in [0, 0.05) is 10.0 Å². The van der Waals surface area contributed by atoms with Crippen molar-refractivity contribution in [2.75, 3.05) is 0 Å². The number of carbonyl (C=O) groups excluding carboxylic acids is 2. The van der Waals surface area contributed by atoms with Gasteiger partial charge in [-0.2, -0.15) is 0 Å². The van der Waals surface area contributed by atoms with E-state index in [-0.39, 0.29) is 17.2 Å². The van der Waals surface area contributed by atoms with Crippen LogP contribution in [0.2, 0.25) is 0 Å². The molecule has 0 unspecified atom stereocenters. The molecule has 0 atom stereocenters. The molecule has 140 valence electrons. The van der Waals surface area contributed by atoms with Crippen LogP contribution in [0.4, 0.5) is 0 Å². The summed E-state index contributed by atoms with van der Waals surface area (Å²) in [4.78, 5) is 26.4. The van der Waals surface area contributed by atoms with Crippen LogP contribution in [0.1, 0.15) is 11.5 Å². The first-order valence-electron chi connectivity index (χ1n) is 8.28. The summed E-state index contributed by atoms with van der Waals surface area (Å²) in [5.41, 5.74) is 0.824. The van der Waals surface area contributed by atoms with Gasteiger partial charge in [0.25, 0.3) is 11.8 Å². The van der Waals surface area contributed by atoms with Gasteiger partial charge < -0.3 is 8.83 Å². The van der Waals surface area contributed by atoms with E-state index in [1.54, 1.807) is 24.3 Å². The monoisotopic (exact) mass is 456 g/mol. The highest BCUT2D eigenvalue weighted by molar-refractivity contribution is 9.10. The summed E-state index contributed by atoms with van der Waals surface area (Å²) in [5, 5.41) is 2.57. The van der Waals surface area contributed by atoms with Crippen LogP contribution < -0.4 is 5.32 Å². The lowest BCUT2D eigenvalue weighted by molar-refractivity contribution is -0.129. The number of furan rings is 2. The van der Waals surface area contributed by atoms with Gasteiger partial charge in [-0.25, -0.2) is 0 Å². The third-order valence-electron chi connectivity index (χ3n) is 4.12. The first-order chi connectivity index (χ1) is 13.5. The molecule has 6 nitrogen and oxygen atoms in total. The highest BCUT2D eigenvalue weighted by Gasteiger charge is 2.34. The zero-order valence-corrected chi connectivity index (χ0v) is 16.7. The molecule has 0 spiro atoms. The molecule has 1 aliphatic rings. The normalized spacial score (nSPS) is 16.0. The van der Waals surface area contributed by atoms with E-state index in [1.165, 1.54) is 17.2 Å². The fourth-order valence-electron chi connectivity index (χ4n) is 2.74. The molecule has 3 aromatic rings. The van der Waals surface area contributed by atoms with Gasteiger partial charge in [-0.3, -0.25) is 19.8 Å². The minimum Gasteiger partial charge on any atom is -0.467 e. The van der Waals surface area contributed by atoms with Gasteiger partial charge >= 0.3 is 0 Å². The highest BCUT2D eigenvalue weighted by Crippen LogP contribution is 2.26. The maximum atomic E-state index is 12.8. The van der Waals surface area contributed by atoms with Crippen molar-refractivity contribution in [3.8, 4) is 11.3 Å². The molecule has 4 rings (SSSR count). The van der Waals surface area contributed by atoms with E-state index >= 15 is 0 Å². The minimum absolute atomic E-state index is 0.0403. The van der Waals surface area contributed by atoms with Gasteiger partial charge in [-0.1, -0.05) is 28.1 Å². The van der Waals surface area contributed by atoms with E-state index < -0.39 is 11.8 Å². The molecule has 3 heterocycles. The van der Waals surface area contributed by atoms with Gasteiger partial charge in [0.05, 0.1) is 12.8 Å². The molecule has 0 radical (unpaired) electrons. The number of thiocarbonyl (C=S) groups is 1. The molecule has 0 bridgehead atoms. The summed E-state index contributed by atoms with van der Waals surface area (Å²) in [6.07, 6.45) is 2.92. The number of hydrogen-bond acceptors (Lipinski definition) is 5. The summed E-state index contributed by atoms with van der Waals surface area (Å²) >= 11 is 8.52. The summed E-state index contributed by atoms with van der Waals surface area (Å²) in [7, 11) is 0. The first-order valence-corrected chi connectivity index (χ1v) is 9.48. The first kappa shape index (κ1) is 18.4. The number of rotatable bonds is 4. The fraction of sp³-hybridized carbons (Fsp3) is 0.0500. The van der Waals surface area contributed by atoms with Crippen molar-refractivity contribution in [1.29, 1.82) is 0 Å². The number of hydrogen-bond donors (Lipinski definition) is 1. The lowest BCUT2D eigenvalue weighted by atomic mass is 10.1. The number of nitrogens with zero attached hydrogens (tertiary/aromatic N) is 1. The van der Waals surface area contributed by atoms with Gasteiger partial charge in [0.15, 0.2) is 5.11 Å². The Balaban J connectivity index is 1.61. The lowest BCUT2D eigenvalue weighted by Gasteiger charge is -2.27. The van der Waals surface area contributed by atoms with Crippen molar-refractivity contribution in [2.24, 2.45) is 0 Å². The third-order valence-corrected chi connectivity index (χ3v) is 4.97. The molecule has 1 aromatic carbocycles. The molecule has 2 aromatic heterocycles. The van der Waals surface area contributed by atoms with Crippen LogP contribution in [-0.2, 0) is 16.1 Å². The highest BCUT2D eigenvalue weighted by atomic mass is 79.9. The second-order valence-corrected chi connectivity index (χ2v) is 7.30. The quantitative estimate of drug-likeness (QED) is 0.362. The standard InChI is InChI=1S/C20H13BrN2O4S/c21-13-5-3-12(4-6-13)17-8-7-14(27-17)10-16-18(24)22-20(28)23(19(16)25)11-15-2-1-9-26-15/h1-10H,11H2,(H,22,24,28)/b16-10+. The molecule has 1 saturated heterocycles. The van der Waals surface area contributed by atoms with Crippen LogP contribution >= 0.6 is 28.1 Å². The van der Waals surface area contributed by atoms with Crippen LogP contribution in [-0.4, -0.2) is 21.8 Å². The molecule has 8 heteroatoms. The number of halogens is 1. The van der Waals surface area contributed by atoms with Crippen LogP contribution in [0.15, 0.2) is 73.7 Å². The van der Waals surface area contributed by atoms with Crippen LogP contribution in [0.25, 0.3) is 17.4 Å². The van der Waals surface area contributed by atoms with E-state index in [0.29, 0.717) is 17.3 Å². The van der Waals surface area contributed by atoms with E-state index in [9.17, 15) is 9.59 Å². The lowest BCUT2D eigenvalue weighted by Crippen LogP contribution is -2.53. The largest absolute Gasteiger partial charge is 0.467 e. The molecular weight excluding hydrogens is 444 g/mol. The Morgan fingerprint density at radius 1 is 1.11 bits per heavy atom. The minimum atomic E-state index is -0.563. The van der Waals surface area contributed by atoms with Gasteiger partial charge in [-0.15, -0.1) is 0 Å². The van der Waals surface area contributed by atoms with Crippen molar-refractivity contribution in [3.63, 3.8) is 0 Å². The van der Waals surface area contributed by atoms with Crippen molar-refractivity contribution >= 4 is 51.2 Å². The predicted molar refractivity (Wildman–Crippen MR) is 110 cm³/mol. The molecule has 2 amide bonds. The Morgan fingerprint density at radius 3 is 2.61 bits per heavy atom. The Kier molecular flexibility index (Phi) is 4.97. The van der Waals surface area contributed by atoms with Crippen LogP contribution in [0, 0.1) is 0 Å². The molecule has 1 aliphatic heterocycles. The second-order valence-electron chi connectivity index (χ2n) is 6.00. The zero-order chi connectivity index (χ0) is 19.7. The van der Waals surface area contributed by atoms with Crippen molar-refractivity contribution < 1.29 is 18.4 Å². The van der Waals surface area contributed by atoms with E-state index in [2.05, 4.69) is 21.2 Å². The third kappa shape index (κ3) is 3.69. The van der Waals surface area contributed by atoms with Gasteiger partial charge in [-0.05, 0) is 54.7 Å². The summed E-state index contributed by atoms with van der Waals surface area (Å²) in [5.74, 6) is 0.508. The van der Waals surface area contributed by atoms with Crippen molar-refractivity contribution in [1.82, 2.24) is 10.2 Å². The SMILES string of the molecule is O=C1NC(=S)N(Cc2ccco2)C(=O)/C1=C/c1ccc(-c2ccc(Br)cc2)o1. The van der Waals surface area contributed by atoms with Gasteiger partial charge in [0.1, 0.15) is 22.9 Å². The molecular formula is C20H13BrN2O4S. The number of carbonyl (C=O) groups is 2. The topological polar surface area (TPSA) is 75.7 Å². The average Bonchev–Trinajstić information content (AvgIpc) is 3.35. The number of benzene rings is 1. The van der Waals surface area contributed by atoms with Crippen molar-refractivity contribution in [3.05, 3.63) is 76.4 Å². The second kappa shape index (κ2) is 7.57. The zero-order valence-electron chi connectivity index (χ0n) is 14.3. The Hall–Kier alpha value is -2.97. The van der Waals surface area contributed by atoms with Gasteiger partial charge in [0.2, 0.25) is 0 Å². The van der Waals surface area contributed by atoms with E-state index in [1.807, 2.05) is 24.3 Å². The molecule has 0 saturated carbocycles.